The van der Waals surface area contributed by atoms with Crippen molar-refractivity contribution in [2.24, 2.45) is 5.92 Å². The van der Waals surface area contributed by atoms with Crippen molar-refractivity contribution < 1.29 is 4.79 Å². The van der Waals surface area contributed by atoms with Crippen molar-refractivity contribution in [3.8, 4) is 0 Å². The number of para-hydroxylation sites is 1. The second-order valence-electron chi connectivity index (χ2n) is 6.84. The van der Waals surface area contributed by atoms with E-state index in [0.717, 1.165) is 55.3 Å². The molecule has 0 radical (unpaired) electrons. The molecule has 1 amide bonds. The number of fused-ring (bicyclic) bond motifs is 1. The average Bonchev–Trinajstić information content (AvgIpc) is 2.65. The summed E-state index contributed by atoms with van der Waals surface area (Å²) in [5.41, 5.74) is 2.22. The van der Waals surface area contributed by atoms with Gasteiger partial charge in [0, 0.05) is 54.3 Å². The van der Waals surface area contributed by atoms with Gasteiger partial charge in [-0.15, -0.1) is 0 Å². The molecule has 134 valence electrons. The van der Waals surface area contributed by atoms with E-state index in [4.69, 9.17) is 0 Å². The first-order chi connectivity index (χ1) is 12.1. The predicted octanol–water partition coefficient (Wildman–Crippen LogP) is 4.47. The Morgan fingerprint density at radius 1 is 1.32 bits per heavy atom. The number of amides is 1. The number of piperidine rings is 1. The number of carbonyl (C=O) groups excluding carboxylic acids is 1. The number of nitrogens with zero attached hydrogens (tertiary/aromatic N) is 3. The summed E-state index contributed by atoms with van der Waals surface area (Å²) in [5, 5.41) is 1.17. The number of carbonyl (C=O) groups is 1. The highest BCUT2D eigenvalue weighted by Crippen LogP contribution is 2.32. The Morgan fingerprint density at radius 3 is 2.80 bits per heavy atom. The van der Waals surface area contributed by atoms with Crippen molar-refractivity contribution in [2.45, 2.75) is 32.6 Å². The van der Waals surface area contributed by atoms with Crippen molar-refractivity contribution >= 4 is 38.4 Å². The summed E-state index contributed by atoms with van der Waals surface area (Å²) in [6.45, 7) is 4.88. The van der Waals surface area contributed by atoms with Crippen LogP contribution in [-0.4, -0.2) is 42.5 Å². The van der Waals surface area contributed by atoms with E-state index >= 15 is 0 Å². The molecule has 0 unspecified atom stereocenters. The molecule has 4 nitrogen and oxygen atoms in total. The van der Waals surface area contributed by atoms with Gasteiger partial charge in [0.1, 0.15) is 0 Å². The van der Waals surface area contributed by atoms with E-state index in [9.17, 15) is 4.79 Å². The molecule has 2 aromatic rings. The Labute approximate surface area is 158 Å². The molecule has 5 heteroatoms. The average molecular weight is 404 g/mol. The fourth-order valence-corrected chi connectivity index (χ4v) is 4.05. The van der Waals surface area contributed by atoms with Gasteiger partial charge in [0.15, 0.2) is 0 Å². The van der Waals surface area contributed by atoms with Gasteiger partial charge in [0.05, 0.1) is 5.52 Å². The summed E-state index contributed by atoms with van der Waals surface area (Å²) < 4.78 is 1.02. The molecule has 1 aromatic heterocycles. The normalized spacial score (nSPS) is 15.6. The number of anilines is 1. The third kappa shape index (κ3) is 3.97. The summed E-state index contributed by atoms with van der Waals surface area (Å²) in [6.07, 6.45) is 5.93. The zero-order valence-electron chi connectivity index (χ0n) is 15.0. The molecular weight excluding hydrogens is 378 g/mol. The van der Waals surface area contributed by atoms with Crippen LogP contribution in [0.15, 0.2) is 34.9 Å². The standard InChI is InChI=1S/C20H26BrN3O/c1-3-4-12-23(2)20(25)15-9-13-24(14-10-15)18-8-11-22-19-16(18)6-5-7-17(19)21/h5-8,11,15H,3-4,9-10,12-14H2,1-2H3. The highest BCUT2D eigenvalue weighted by Gasteiger charge is 2.27. The topological polar surface area (TPSA) is 36.4 Å². The van der Waals surface area contributed by atoms with Crippen molar-refractivity contribution in [1.29, 1.82) is 0 Å². The SMILES string of the molecule is CCCCN(C)C(=O)C1CCN(c2ccnc3c(Br)cccc23)CC1. The number of halogens is 1. The van der Waals surface area contributed by atoms with Crippen LogP contribution < -0.4 is 4.90 Å². The Morgan fingerprint density at radius 2 is 2.08 bits per heavy atom. The number of aromatic nitrogens is 1. The van der Waals surface area contributed by atoms with Gasteiger partial charge in [-0.3, -0.25) is 9.78 Å². The molecule has 25 heavy (non-hydrogen) atoms. The van der Waals surface area contributed by atoms with Crippen LogP contribution in [0, 0.1) is 5.92 Å². The summed E-state index contributed by atoms with van der Waals surface area (Å²) in [7, 11) is 1.94. The summed E-state index contributed by atoms with van der Waals surface area (Å²) in [6, 6.07) is 8.29. The molecule has 0 N–H and O–H groups in total. The summed E-state index contributed by atoms with van der Waals surface area (Å²) >= 11 is 3.59. The van der Waals surface area contributed by atoms with Gasteiger partial charge >= 0.3 is 0 Å². The van der Waals surface area contributed by atoms with Gasteiger partial charge in [-0.2, -0.15) is 0 Å². The van der Waals surface area contributed by atoms with E-state index in [0.29, 0.717) is 5.91 Å². The highest BCUT2D eigenvalue weighted by atomic mass is 79.9. The lowest BCUT2D eigenvalue weighted by atomic mass is 9.94. The smallest absolute Gasteiger partial charge is 0.225 e. The van der Waals surface area contributed by atoms with Crippen LogP contribution in [0.2, 0.25) is 0 Å². The lowest BCUT2D eigenvalue weighted by molar-refractivity contribution is -0.134. The lowest BCUT2D eigenvalue weighted by Gasteiger charge is -2.35. The van der Waals surface area contributed by atoms with Crippen LogP contribution >= 0.6 is 15.9 Å². The number of benzene rings is 1. The highest BCUT2D eigenvalue weighted by molar-refractivity contribution is 9.10. The first-order valence-electron chi connectivity index (χ1n) is 9.15. The third-order valence-electron chi connectivity index (χ3n) is 5.11. The quantitative estimate of drug-likeness (QED) is 0.738. The van der Waals surface area contributed by atoms with E-state index in [1.165, 1.54) is 11.1 Å². The summed E-state index contributed by atoms with van der Waals surface area (Å²) in [4.78, 5) is 21.4. The number of rotatable bonds is 5. The van der Waals surface area contributed by atoms with Crippen LogP contribution in [0.3, 0.4) is 0 Å². The largest absolute Gasteiger partial charge is 0.371 e. The molecular formula is C20H26BrN3O. The number of hydrogen-bond donors (Lipinski definition) is 0. The second-order valence-corrected chi connectivity index (χ2v) is 7.70. The van der Waals surface area contributed by atoms with Gasteiger partial charge in [-0.25, -0.2) is 0 Å². The Kier molecular flexibility index (Phi) is 5.94. The zero-order chi connectivity index (χ0) is 17.8. The van der Waals surface area contributed by atoms with E-state index in [1.807, 2.05) is 24.2 Å². The lowest BCUT2D eigenvalue weighted by Crippen LogP contribution is -2.41. The van der Waals surface area contributed by atoms with Crippen LogP contribution in [0.25, 0.3) is 10.9 Å². The minimum absolute atomic E-state index is 0.165. The van der Waals surface area contributed by atoms with Crippen LogP contribution in [0.1, 0.15) is 32.6 Å². The van der Waals surface area contributed by atoms with Gasteiger partial charge in [0.2, 0.25) is 5.91 Å². The maximum absolute atomic E-state index is 12.6. The Bertz CT molecular complexity index is 741. The molecule has 1 aliphatic rings. The molecule has 0 saturated carbocycles. The first kappa shape index (κ1) is 18.2. The summed E-state index contributed by atoms with van der Waals surface area (Å²) in [5.74, 6) is 0.480. The molecule has 0 bridgehead atoms. The van der Waals surface area contributed by atoms with E-state index in [2.05, 4.69) is 50.9 Å². The Hall–Kier alpha value is -1.62. The van der Waals surface area contributed by atoms with Gasteiger partial charge in [-0.05, 0) is 47.3 Å². The van der Waals surface area contributed by atoms with Crippen LogP contribution in [-0.2, 0) is 4.79 Å². The maximum Gasteiger partial charge on any atom is 0.225 e. The van der Waals surface area contributed by atoms with Crippen molar-refractivity contribution in [3.05, 3.63) is 34.9 Å². The van der Waals surface area contributed by atoms with E-state index in [1.54, 1.807) is 0 Å². The molecule has 1 fully saturated rings. The molecule has 0 spiro atoms. The molecule has 2 heterocycles. The van der Waals surface area contributed by atoms with Gasteiger partial charge < -0.3 is 9.80 Å². The number of pyridine rings is 1. The molecule has 0 aliphatic carbocycles. The molecule has 3 rings (SSSR count). The first-order valence-corrected chi connectivity index (χ1v) is 9.94. The van der Waals surface area contributed by atoms with Gasteiger partial charge in [-0.1, -0.05) is 25.5 Å². The van der Waals surface area contributed by atoms with E-state index in [-0.39, 0.29) is 5.92 Å². The van der Waals surface area contributed by atoms with E-state index < -0.39 is 0 Å². The van der Waals surface area contributed by atoms with Crippen molar-refractivity contribution in [2.75, 3.05) is 31.6 Å². The van der Waals surface area contributed by atoms with Gasteiger partial charge in [0.25, 0.3) is 0 Å². The molecule has 0 atom stereocenters. The second kappa shape index (κ2) is 8.17. The number of hydrogen-bond acceptors (Lipinski definition) is 3. The maximum atomic E-state index is 12.6. The molecule has 1 saturated heterocycles. The predicted molar refractivity (Wildman–Crippen MR) is 107 cm³/mol. The fourth-order valence-electron chi connectivity index (χ4n) is 3.59. The third-order valence-corrected chi connectivity index (χ3v) is 5.75. The van der Waals surface area contributed by atoms with Crippen LogP contribution in [0.4, 0.5) is 5.69 Å². The van der Waals surface area contributed by atoms with Crippen LogP contribution in [0.5, 0.6) is 0 Å². The van der Waals surface area contributed by atoms with Crippen molar-refractivity contribution in [3.63, 3.8) is 0 Å². The molecule has 1 aromatic carbocycles. The van der Waals surface area contributed by atoms with Crippen molar-refractivity contribution in [1.82, 2.24) is 9.88 Å². The fraction of sp³-hybridized carbons (Fsp3) is 0.500. The monoisotopic (exact) mass is 403 g/mol. The zero-order valence-corrected chi connectivity index (χ0v) is 16.6. The minimum atomic E-state index is 0.165. The number of unbranched alkanes of at least 4 members (excludes halogenated alkanes) is 1. The Balaban J connectivity index is 1.69. The molecule has 1 aliphatic heterocycles. The minimum Gasteiger partial charge on any atom is -0.371 e.